The molecule has 0 saturated carbocycles. The molecule has 0 radical (unpaired) electrons. The maximum absolute atomic E-state index is 5.06. The molecule has 52 valence electrons. The molecule has 2 nitrogen and oxygen atoms in total. The molecule has 0 bridgehead atoms. The quantitative estimate of drug-likeness (QED) is 0.565. The lowest BCUT2D eigenvalue weighted by Gasteiger charge is -2.11. The highest BCUT2D eigenvalue weighted by molar-refractivity contribution is 4.71. The molecule has 0 saturated heterocycles. The van der Waals surface area contributed by atoms with Crippen LogP contribution in [0.15, 0.2) is 12.5 Å². The van der Waals surface area contributed by atoms with Crippen molar-refractivity contribution in [3.63, 3.8) is 0 Å². The van der Waals surface area contributed by atoms with Crippen molar-refractivity contribution in [3.05, 3.63) is 12.5 Å². The van der Waals surface area contributed by atoms with Gasteiger partial charge in [-0.2, -0.15) is 0 Å². The minimum Gasteiger partial charge on any atom is -0.459 e. The zero-order chi connectivity index (χ0) is 6.69. The molecule has 0 amide bonds. The lowest BCUT2D eigenvalue weighted by molar-refractivity contribution is -0.0361. The maximum Gasteiger partial charge on any atom is 0.239 e. The average Bonchev–Trinajstić information content (AvgIpc) is 2.15. The van der Waals surface area contributed by atoms with E-state index in [1.165, 1.54) is 0 Å². The van der Waals surface area contributed by atoms with E-state index in [1.54, 1.807) is 12.5 Å². The zero-order valence-electron chi connectivity index (χ0n) is 5.83. The molecule has 0 N–H and O–H groups in total. The molecule has 0 aromatic carbocycles. The summed E-state index contributed by atoms with van der Waals surface area (Å²) in [5, 5.41) is 0. The van der Waals surface area contributed by atoms with Gasteiger partial charge in [0.2, 0.25) is 6.29 Å². The summed E-state index contributed by atoms with van der Waals surface area (Å²) in [6.45, 7) is 4.29. The van der Waals surface area contributed by atoms with Crippen LogP contribution in [0, 0.1) is 5.92 Å². The lowest BCUT2D eigenvalue weighted by Crippen LogP contribution is -2.10. The van der Waals surface area contributed by atoms with E-state index in [1.807, 2.05) is 0 Å². The predicted octanol–water partition coefficient (Wildman–Crippen LogP) is 1.88. The Balaban J connectivity index is 2.14. The molecule has 1 rings (SSSR count). The first-order valence-electron chi connectivity index (χ1n) is 3.25. The second-order valence-electron chi connectivity index (χ2n) is 2.60. The fourth-order valence-electron chi connectivity index (χ4n) is 0.767. The van der Waals surface area contributed by atoms with Gasteiger partial charge in [0.25, 0.3) is 0 Å². The molecule has 1 aliphatic heterocycles. The van der Waals surface area contributed by atoms with Gasteiger partial charge in [0.1, 0.15) is 12.5 Å². The van der Waals surface area contributed by atoms with Gasteiger partial charge in [-0.1, -0.05) is 13.8 Å². The van der Waals surface area contributed by atoms with E-state index < -0.39 is 0 Å². The van der Waals surface area contributed by atoms with Crippen LogP contribution in [0.1, 0.15) is 20.3 Å². The van der Waals surface area contributed by atoms with E-state index in [9.17, 15) is 0 Å². The van der Waals surface area contributed by atoms with Crippen LogP contribution in [0.2, 0.25) is 0 Å². The summed E-state index contributed by atoms with van der Waals surface area (Å²) in [5.74, 6) is 0.634. The number of hydrogen-bond donors (Lipinski definition) is 0. The Bertz CT molecular complexity index is 99.5. The van der Waals surface area contributed by atoms with Crippen molar-refractivity contribution in [1.29, 1.82) is 0 Å². The maximum atomic E-state index is 5.06. The molecule has 0 unspecified atom stereocenters. The number of ether oxygens (including phenoxy) is 2. The number of rotatable bonds is 2. The summed E-state index contributed by atoms with van der Waals surface area (Å²) in [6, 6.07) is 0. The van der Waals surface area contributed by atoms with E-state index >= 15 is 0 Å². The van der Waals surface area contributed by atoms with E-state index in [0.717, 1.165) is 6.42 Å². The Morgan fingerprint density at radius 1 is 1.33 bits per heavy atom. The van der Waals surface area contributed by atoms with E-state index in [-0.39, 0.29) is 6.29 Å². The van der Waals surface area contributed by atoms with Crippen LogP contribution in [0.5, 0.6) is 0 Å². The fraction of sp³-hybridized carbons (Fsp3) is 0.714. The Morgan fingerprint density at radius 3 is 2.33 bits per heavy atom. The number of hydrogen-bond acceptors (Lipinski definition) is 2. The van der Waals surface area contributed by atoms with Crippen molar-refractivity contribution in [1.82, 2.24) is 0 Å². The first-order valence-corrected chi connectivity index (χ1v) is 3.25. The highest BCUT2D eigenvalue weighted by Gasteiger charge is 2.13. The highest BCUT2D eigenvalue weighted by atomic mass is 16.7. The third kappa shape index (κ3) is 1.96. The summed E-state index contributed by atoms with van der Waals surface area (Å²) in [7, 11) is 0. The van der Waals surface area contributed by atoms with Gasteiger partial charge >= 0.3 is 0 Å². The lowest BCUT2D eigenvalue weighted by atomic mass is 10.1. The van der Waals surface area contributed by atoms with Crippen molar-refractivity contribution >= 4 is 0 Å². The fourth-order valence-corrected chi connectivity index (χ4v) is 0.767. The molecule has 0 aliphatic carbocycles. The van der Waals surface area contributed by atoms with Crippen molar-refractivity contribution in [2.75, 3.05) is 0 Å². The third-order valence-corrected chi connectivity index (χ3v) is 1.18. The van der Waals surface area contributed by atoms with Crippen LogP contribution >= 0.6 is 0 Å². The minimum absolute atomic E-state index is 0.0231. The van der Waals surface area contributed by atoms with Crippen LogP contribution in [0.25, 0.3) is 0 Å². The van der Waals surface area contributed by atoms with Crippen LogP contribution in [-0.4, -0.2) is 6.29 Å². The molecule has 1 aliphatic rings. The summed E-state index contributed by atoms with van der Waals surface area (Å²) < 4.78 is 10.1. The topological polar surface area (TPSA) is 18.5 Å². The molecule has 0 aromatic rings. The molecular weight excluding hydrogens is 116 g/mol. The summed E-state index contributed by atoms with van der Waals surface area (Å²) >= 11 is 0. The van der Waals surface area contributed by atoms with Crippen LogP contribution in [-0.2, 0) is 9.47 Å². The smallest absolute Gasteiger partial charge is 0.239 e. The molecule has 0 aromatic heterocycles. The molecule has 1 heterocycles. The monoisotopic (exact) mass is 128 g/mol. The summed E-state index contributed by atoms with van der Waals surface area (Å²) in [6.07, 6.45) is 4.12. The molecule has 0 spiro atoms. The van der Waals surface area contributed by atoms with Gasteiger partial charge in [-0.05, 0) is 5.92 Å². The van der Waals surface area contributed by atoms with Crippen LogP contribution < -0.4 is 0 Å². The zero-order valence-corrected chi connectivity index (χ0v) is 5.83. The van der Waals surface area contributed by atoms with Crippen LogP contribution in [0.4, 0.5) is 0 Å². The third-order valence-electron chi connectivity index (χ3n) is 1.18. The van der Waals surface area contributed by atoms with Gasteiger partial charge < -0.3 is 9.47 Å². The standard InChI is InChI=1S/C7H12O2/c1-6(2)5-7-8-3-4-9-7/h3-4,6-7H,5H2,1-2H3. The summed E-state index contributed by atoms with van der Waals surface area (Å²) in [4.78, 5) is 0. The van der Waals surface area contributed by atoms with Crippen molar-refractivity contribution in [2.45, 2.75) is 26.6 Å². The minimum atomic E-state index is -0.0231. The molecule has 9 heavy (non-hydrogen) atoms. The van der Waals surface area contributed by atoms with Gasteiger partial charge in [-0.25, -0.2) is 0 Å². The first kappa shape index (κ1) is 6.46. The SMILES string of the molecule is CC(C)CC1OC=CO1. The van der Waals surface area contributed by atoms with E-state index in [2.05, 4.69) is 13.8 Å². The van der Waals surface area contributed by atoms with Crippen molar-refractivity contribution in [2.24, 2.45) is 5.92 Å². The molecular formula is C7H12O2. The van der Waals surface area contributed by atoms with Gasteiger partial charge in [0.05, 0.1) is 0 Å². The molecule has 2 heteroatoms. The normalized spacial score (nSPS) is 18.1. The first-order chi connectivity index (χ1) is 4.29. The van der Waals surface area contributed by atoms with Crippen LogP contribution in [0.3, 0.4) is 0 Å². The Labute approximate surface area is 55.5 Å². The van der Waals surface area contributed by atoms with Crippen molar-refractivity contribution in [3.8, 4) is 0 Å². The van der Waals surface area contributed by atoms with Gasteiger partial charge in [0, 0.05) is 6.42 Å². The molecule has 0 fully saturated rings. The highest BCUT2D eigenvalue weighted by Crippen LogP contribution is 2.13. The Kier molecular flexibility index (Phi) is 1.98. The van der Waals surface area contributed by atoms with Crippen molar-refractivity contribution < 1.29 is 9.47 Å². The van der Waals surface area contributed by atoms with E-state index in [0.29, 0.717) is 5.92 Å². The second kappa shape index (κ2) is 2.76. The summed E-state index contributed by atoms with van der Waals surface area (Å²) in [5.41, 5.74) is 0. The Morgan fingerprint density at radius 2 is 1.89 bits per heavy atom. The average molecular weight is 128 g/mol. The Hall–Kier alpha value is -0.660. The van der Waals surface area contributed by atoms with Gasteiger partial charge in [-0.3, -0.25) is 0 Å². The second-order valence-corrected chi connectivity index (χ2v) is 2.60. The predicted molar refractivity (Wildman–Crippen MR) is 34.6 cm³/mol. The van der Waals surface area contributed by atoms with E-state index in [4.69, 9.17) is 9.47 Å². The largest absolute Gasteiger partial charge is 0.459 e. The van der Waals surface area contributed by atoms with Gasteiger partial charge in [-0.15, -0.1) is 0 Å². The molecule has 0 atom stereocenters. The van der Waals surface area contributed by atoms with Gasteiger partial charge in [0.15, 0.2) is 0 Å².